The van der Waals surface area contributed by atoms with Gasteiger partial charge in [-0.2, -0.15) is 13.2 Å². The number of carboxylic acids is 1. The topological polar surface area (TPSA) is 57.6 Å². The summed E-state index contributed by atoms with van der Waals surface area (Å²) in [5, 5.41) is 8.59. The highest BCUT2D eigenvalue weighted by atomic mass is 19.4. The Morgan fingerprint density at radius 1 is 1.22 bits per heavy atom. The van der Waals surface area contributed by atoms with Crippen LogP contribution in [0.15, 0.2) is 18.2 Å². The summed E-state index contributed by atoms with van der Waals surface area (Å²) >= 11 is 0. The molecule has 0 fully saturated rings. The Hall–Kier alpha value is -2.05. The molecule has 4 nitrogen and oxygen atoms in total. The average Bonchev–Trinajstić information content (AvgIpc) is 2.25. The Morgan fingerprint density at radius 3 is 2.17 bits per heavy atom. The number of hydrogen-bond donors (Lipinski definition) is 1. The first-order valence-electron chi connectivity index (χ1n) is 4.80. The van der Waals surface area contributed by atoms with Gasteiger partial charge in [-0.3, -0.25) is 4.79 Å². The SMILES string of the molecule is CN(C)c1ccc(C(F)(F)F)cc1C(=O)C(=O)O. The third kappa shape index (κ3) is 2.79. The van der Waals surface area contributed by atoms with E-state index in [1.165, 1.54) is 19.0 Å². The highest BCUT2D eigenvalue weighted by Crippen LogP contribution is 2.32. The van der Waals surface area contributed by atoms with Gasteiger partial charge in [0.25, 0.3) is 5.78 Å². The molecule has 1 rings (SSSR count). The molecular weight excluding hydrogens is 251 g/mol. The minimum absolute atomic E-state index is 0.121. The van der Waals surface area contributed by atoms with Crippen LogP contribution >= 0.6 is 0 Å². The third-order valence-electron chi connectivity index (χ3n) is 2.24. The molecule has 0 aromatic heterocycles. The molecule has 0 bridgehead atoms. The van der Waals surface area contributed by atoms with Gasteiger partial charge >= 0.3 is 12.1 Å². The van der Waals surface area contributed by atoms with Gasteiger partial charge in [-0.05, 0) is 18.2 Å². The molecule has 0 heterocycles. The number of carbonyl (C=O) groups is 2. The zero-order valence-corrected chi connectivity index (χ0v) is 9.58. The Balaban J connectivity index is 3.43. The quantitative estimate of drug-likeness (QED) is 0.668. The van der Waals surface area contributed by atoms with Crippen LogP contribution in [0.1, 0.15) is 15.9 Å². The Bertz CT molecular complexity index is 495. The average molecular weight is 261 g/mol. The summed E-state index contributed by atoms with van der Waals surface area (Å²) in [6, 6.07) is 2.42. The fraction of sp³-hybridized carbons (Fsp3) is 0.273. The molecule has 0 atom stereocenters. The highest BCUT2D eigenvalue weighted by Gasteiger charge is 2.32. The number of ketones is 1. The van der Waals surface area contributed by atoms with Crippen LogP contribution in [-0.4, -0.2) is 31.0 Å². The van der Waals surface area contributed by atoms with Crippen LogP contribution in [0.4, 0.5) is 18.9 Å². The van der Waals surface area contributed by atoms with Crippen molar-refractivity contribution in [2.24, 2.45) is 0 Å². The number of anilines is 1. The molecule has 1 N–H and O–H groups in total. The van der Waals surface area contributed by atoms with Crippen LogP contribution in [0.25, 0.3) is 0 Å². The molecule has 98 valence electrons. The lowest BCUT2D eigenvalue weighted by atomic mass is 10.0. The maximum Gasteiger partial charge on any atom is 0.416 e. The lowest BCUT2D eigenvalue weighted by Gasteiger charge is -2.17. The number of alkyl halides is 3. The van der Waals surface area contributed by atoms with Crippen molar-refractivity contribution < 1.29 is 27.9 Å². The van der Waals surface area contributed by atoms with Crippen LogP contribution < -0.4 is 4.90 Å². The predicted molar refractivity (Wildman–Crippen MR) is 57.7 cm³/mol. The number of aliphatic carboxylic acids is 1. The summed E-state index contributed by atoms with van der Waals surface area (Å²) in [5.74, 6) is -3.16. The van der Waals surface area contributed by atoms with Crippen molar-refractivity contribution in [3.63, 3.8) is 0 Å². The Morgan fingerprint density at radius 2 is 1.78 bits per heavy atom. The molecule has 0 aliphatic rings. The van der Waals surface area contributed by atoms with Gasteiger partial charge in [-0.15, -0.1) is 0 Å². The molecule has 0 aliphatic carbocycles. The number of hydrogen-bond acceptors (Lipinski definition) is 3. The van der Waals surface area contributed by atoms with Crippen molar-refractivity contribution in [3.8, 4) is 0 Å². The normalized spacial score (nSPS) is 11.2. The van der Waals surface area contributed by atoms with Crippen molar-refractivity contribution in [3.05, 3.63) is 29.3 Å². The summed E-state index contributed by atoms with van der Waals surface area (Å²) in [6.07, 6.45) is -4.63. The molecule has 0 amide bonds. The molecule has 0 radical (unpaired) electrons. The number of halogens is 3. The van der Waals surface area contributed by atoms with E-state index < -0.39 is 29.1 Å². The summed E-state index contributed by atoms with van der Waals surface area (Å²) < 4.78 is 37.5. The van der Waals surface area contributed by atoms with E-state index in [0.29, 0.717) is 6.07 Å². The largest absolute Gasteiger partial charge is 0.475 e. The van der Waals surface area contributed by atoms with Gasteiger partial charge in [0.1, 0.15) is 0 Å². The van der Waals surface area contributed by atoms with Crippen LogP contribution in [0.5, 0.6) is 0 Å². The molecular formula is C11H10F3NO3. The third-order valence-corrected chi connectivity index (χ3v) is 2.24. The predicted octanol–water partition coefficient (Wildman–Crippen LogP) is 2.04. The molecule has 18 heavy (non-hydrogen) atoms. The number of rotatable bonds is 3. The van der Waals surface area contributed by atoms with E-state index in [9.17, 15) is 22.8 Å². The van der Waals surface area contributed by atoms with Crippen molar-refractivity contribution in [2.45, 2.75) is 6.18 Å². The van der Waals surface area contributed by atoms with Crippen LogP contribution in [0.3, 0.4) is 0 Å². The first-order chi connectivity index (χ1) is 8.14. The van der Waals surface area contributed by atoms with Gasteiger partial charge in [0.05, 0.1) is 11.1 Å². The second-order valence-corrected chi connectivity index (χ2v) is 3.76. The zero-order valence-electron chi connectivity index (χ0n) is 9.58. The first kappa shape index (κ1) is 14.0. The maximum absolute atomic E-state index is 12.5. The molecule has 7 heteroatoms. The van der Waals surface area contributed by atoms with Gasteiger partial charge in [-0.25, -0.2) is 4.79 Å². The first-order valence-corrected chi connectivity index (χ1v) is 4.80. The summed E-state index contributed by atoms with van der Waals surface area (Å²) in [4.78, 5) is 23.3. The highest BCUT2D eigenvalue weighted by molar-refractivity contribution is 6.41. The smallest absolute Gasteiger partial charge is 0.416 e. The van der Waals surface area contributed by atoms with E-state index in [0.717, 1.165) is 12.1 Å². The van der Waals surface area contributed by atoms with Gasteiger partial charge in [0, 0.05) is 19.8 Å². The molecule has 0 unspecified atom stereocenters. The van der Waals surface area contributed by atoms with E-state index in [-0.39, 0.29) is 5.69 Å². The summed E-state index contributed by atoms with van der Waals surface area (Å²) in [5.41, 5.74) is -1.42. The van der Waals surface area contributed by atoms with E-state index in [1.54, 1.807) is 0 Å². The second-order valence-electron chi connectivity index (χ2n) is 3.76. The van der Waals surface area contributed by atoms with E-state index in [4.69, 9.17) is 5.11 Å². The lowest BCUT2D eigenvalue weighted by molar-refractivity contribution is -0.137. The van der Waals surface area contributed by atoms with Crippen molar-refractivity contribution in [1.82, 2.24) is 0 Å². The van der Waals surface area contributed by atoms with E-state index >= 15 is 0 Å². The lowest BCUT2D eigenvalue weighted by Crippen LogP contribution is -2.20. The number of carboxylic acid groups (broad SMARTS) is 1. The number of Topliss-reactive ketones (excluding diaryl/α,β-unsaturated/α-hetero) is 1. The molecule has 1 aromatic rings. The van der Waals surface area contributed by atoms with Gasteiger partial charge < -0.3 is 10.0 Å². The van der Waals surface area contributed by atoms with Crippen molar-refractivity contribution >= 4 is 17.4 Å². The number of nitrogens with zero attached hydrogens (tertiary/aromatic N) is 1. The van der Waals surface area contributed by atoms with Gasteiger partial charge in [0.15, 0.2) is 0 Å². The number of benzene rings is 1. The van der Waals surface area contributed by atoms with Crippen LogP contribution in [0.2, 0.25) is 0 Å². The second kappa shape index (κ2) is 4.67. The van der Waals surface area contributed by atoms with Crippen molar-refractivity contribution in [2.75, 3.05) is 19.0 Å². The molecule has 1 aromatic carbocycles. The standard InChI is InChI=1S/C11H10F3NO3/c1-15(2)8-4-3-6(11(12,13)14)5-7(8)9(16)10(17)18/h3-5H,1-2H3,(H,17,18). The van der Waals surface area contributed by atoms with E-state index in [2.05, 4.69) is 0 Å². The molecule has 0 saturated carbocycles. The minimum Gasteiger partial charge on any atom is -0.475 e. The summed E-state index contributed by atoms with van der Waals surface area (Å²) in [6.45, 7) is 0. The fourth-order valence-electron chi connectivity index (χ4n) is 1.40. The van der Waals surface area contributed by atoms with Crippen LogP contribution in [0, 0.1) is 0 Å². The number of carbonyl (C=O) groups excluding carboxylic acids is 1. The van der Waals surface area contributed by atoms with Gasteiger partial charge in [0.2, 0.25) is 0 Å². The molecule has 0 spiro atoms. The van der Waals surface area contributed by atoms with Gasteiger partial charge in [-0.1, -0.05) is 0 Å². The monoisotopic (exact) mass is 261 g/mol. The maximum atomic E-state index is 12.5. The molecule has 0 aliphatic heterocycles. The van der Waals surface area contributed by atoms with Crippen molar-refractivity contribution in [1.29, 1.82) is 0 Å². The molecule has 0 saturated heterocycles. The Kier molecular flexibility index (Phi) is 3.64. The van der Waals surface area contributed by atoms with E-state index in [1.807, 2.05) is 0 Å². The Labute approximate surface area is 101 Å². The fourth-order valence-corrected chi connectivity index (χ4v) is 1.40. The summed E-state index contributed by atoms with van der Waals surface area (Å²) in [7, 11) is 3.00. The zero-order chi connectivity index (χ0) is 14.1. The minimum atomic E-state index is -4.63. The van der Waals surface area contributed by atoms with Crippen LogP contribution in [-0.2, 0) is 11.0 Å².